The topological polar surface area (TPSA) is 57.6 Å². The Morgan fingerprint density at radius 2 is 1.75 bits per heavy atom. The van der Waals surface area contributed by atoms with Crippen LogP contribution in [0.15, 0.2) is 36.4 Å². The van der Waals surface area contributed by atoms with Gasteiger partial charge >= 0.3 is 0 Å². The number of carbonyl (C=O) groups is 2. The Balaban J connectivity index is 1.62. The van der Waals surface area contributed by atoms with Crippen molar-refractivity contribution in [1.29, 1.82) is 0 Å². The second-order valence-electron chi connectivity index (χ2n) is 5.93. The minimum absolute atomic E-state index is 0.0415. The number of imide groups is 1. The standard InChI is InChI=1S/C16H15NO3/c18-12-3-1-2-9(6-12)8-17-15(19)13-10-4-5-11(7-10)14(13)16(17)20/h1-6,10-11,13-14,18H,7-8H2. The number of phenolic OH excluding ortho intramolecular Hbond substituents is 1. The highest BCUT2D eigenvalue weighted by molar-refractivity contribution is 6.06. The van der Waals surface area contributed by atoms with Gasteiger partial charge in [0.1, 0.15) is 5.75 Å². The van der Waals surface area contributed by atoms with Crippen LogP contribution in [0, 0.1) is 23.7 Å². The highest BCUT2D eigenvalue weighted by Gasteiger charge is 2.59. The SMILES string of the molecule is O=C1C2C3C=CC(C3)C2C(=O)N1Cc1cccc(O)c1. The Morgan fingerprint density at radius 3 is 2.35 bits per heavy atom. The van der Waals surface area contributed by atoms with Crippen molar-refractivity contribution >= 4 is 11.8 Å². The summed E-state index contributed by atoms with van der Waals surface area (Å²) in [6.45, 7) is 0.262. The van der Waals surface area contributed by atoms with Gasteiger partial charge in [-0.3, -0.25) is 14.5 Å². The number of fused-ring (bicyclic) bond motifs is 5. The van der Waals surface area contributed by atoms with E-state index in [0.717, 1.165) is 12.0 Å². The summed E-state index contributed by atoms with van der Waals surface area (Å²) in [6.07, 6.45) is 5.14. The van der Waals surface area contributed by atoms with Crippen LogP contribution in [0.4, 0.5) is 0 Å². The Kier molecular flexibility index (Phi) is 2.31. The molecular weight excluding hydrogens is 254 g/mol. The summed E-state index contributed by atoms with van der Waals surface area (Å²) in [7, 11) is 0. The molecule has 3 aliphatic rings. The molecule has 1 aromatic carbocycles. The Morgan fingerprint density at radius 1 is 1.10 bits per heavy atom. The first-order valence-electron chi connectivity index (χ1n) is 6.96. The minimum atomic E-state index is -0.144. The lowest BCUT2D eigenvalue weighted by atomic mass is 9.85. The van der Waals surface area contributed by atoms with Crippen molar-refractivity contribution in [1.82, 2.24) is 4.90 Å². The number of hydrogen-bond donors (Lipinski definition) is 1. The number of phenols is 1. The smallest absolute Gasteiger partial charge is 0.234 e. The highest BCUT2D eigenvalue weighted by atomic mass is 16.3. The van der Waals surface area contributed by atoms with Crippen molar-refractivity contribution in [2.75, 3.05) is 0 Å². The van der Waals surface area contributed by atoms with Crippen LogP contribution in [0.2, 0.25) is 0 Å². The third kappa shape index (κ3) is 1.48. The number of nitrogens with zero attached hydrogens (tertiary/aromatic N) is 1. The summed E-state index contributed by atoms with van der Waals surface area (Å²) < 4.78 is 0. The first-order valence-corrected chi connectivity index (χ1v) is 6.96. The van der Waals surface area contributed by atoms with Crippen molar-refractivity contribution < 1.29 is 14.7 Å². The van der Waals surface area contributed by atoms with Crippen LogP contribution in [0.25, 0.3) is 0 Å². The molecule has 2 fully saturated rings. The van der Waals surface area contributed by atoms with Crippen LogP contribution in [-0.2, 0) is 16.1 Å². The van der Waals surface area contributed by atoms with Gasteiger partial charge in [0.25, 0.3) is 0 Å². The van der Waals surface area contributed by atoms with Crippen LogP contribution < -0.4 is 0 Å². The van der Waals surface area contributed by atoms with E-state index in [4.69, 9.17) is 0 Å². The Labute approximate surface area is 116 Å². The zero-order valence-corrected chi connectivity index (χ0v) is 10.9. The largest absolute Gasteiger partial charge is 0.508 e. The molecule has 1 aliphatic heterocycles. The zero-order chi connectivity index (χ0) is 13.9. The predicted molar refractivity (Wildman–Crippen MR) is 71.4 cm³/mol. The lowest BCUT2D eigenvalue weighted by Gasteiger charge is -2.17. The van der Waals surface area contributed by atoms with Crippen LogP contribution in [0.1, 0.15) is 12.0 Å². The average molecular weight is 269 g/mol. The molecule has 102 valence electrons. The molecule has 2 aliphatic carbocycles. The minimum Gasteiger partial charge on any atom is -0.508 e. The number of allylic oxidation sites excluding steroid dienone is 2. The molecule has 2 amide bonds. The lowest BCUT2D eigenvalue weighted by molar-refractivity contribution is -0.141. The summed E-state index contributed by atoms with van der Waals surface area (Å²) in [6, 6.07) is 6.72. The molecule has 1 saturated heterocycles. The fourth-order valence-corrected chi connectivity index (χ4v) is 3.96. The van der Waals surface area contributed by atoms with Crippen LogP contribution >= 0.6 is 0 Å². The summed E-state index contributed by atoms with van der Waals surface area (Å²) in [4.78, 5) is 26.3. The van der Waals surface area contributed by atoms with Crippen molar-refractivity contribution in [3.8, 4) is 5.75 Å². The maximum atomic E-state index is 12.5. The fourth-order valence-electron chi connectivity index (χ4n) is 3.96. The van der Waals surface area contributed by atoms with Gasteiger partial charge in [-0.05, 0) is 36.0 Å². The van der Waals surface area contributed by atoms with Gasteiger partial charge < -0.3 is 5.11 Å². The van der Waals surface area contributed by atoms with E-state index in [-0.39, 0.29) is 47.8 Å². The van der Waals surface area contributed by atoms with Gasteiger partial charge in [-0.25, -0.2) is 0 Å². The van der Waals surface area contributed by atoms with Gasteiger partial charge in [-0.15, -0.1) is 0 Å². The van der Waals surface area contributed by atoms with E-state index in [2.05, 4.69) is 12.2 Å². The van der Waals surface area contributed by atoms with Gasteiger partial charge in [0.05, 0.1) is 18.4 Å². The van der Waals surface area contributed by atoms with Gasteiger partial charge in [0, 0.05) is 0 Å². The summed E-state index contributed by atoms with van der Waals surface area (Å²) >= 11 is 0. The molecule has 0 aromatic heterocycles. The first-order chi connectivity index (χ1) is 9.65. The number of rotatable bonds is 2. The number of hydrogen-bond acceptors (Lipinski definition) is 3. The molecule has 4 nitrogen and oxygen atoms in total. The van der Waals surface area contributed by atoms with Crippen LogP contribution in [-0.4, -0.2) is 21.8 Å². The van der Waals surface area contributed by atoms with E-state index in [0.29, 0.717) is 0 Å². The molecule has 2 bridgehead atoms. The lowest BCUT2D eigenvalue weighted by Crippen LogP contribution is -2.32. The molecule has 0 radical (unpaired) electrons. The van der Waals surface area contributed by atoms with E-state index in [1.807, 2.05) is 6.07 Å². The maximum Gasteiger partial charge on any atom is 0.234 e. The van der Waals surface area contributed by atoms with Gasteiger partial charge in [-0.2, -0.15) is 0 Å². The van der Waals surface area contributed by atoms with Crippen molar-refractivity contribution in [2.24, 2.45) is 23.7 Å². The third-order valence-corrected chi connectivity index (χ3v) is 4.81. The summed E-state index contributed by atoms with van der Waals surface area (Å²) in [5, 5.41) is 9.48. The molecular formula is C16H15NO3. The molecule has 1 N–H and O–H groups in total. The normalized spacial score (nSPS) is 34.1. The van der Waals surface area contributed by atoms with E-state index in [1.54, 1.807) is 18.2 Å². The molecule has 1 aromatic rings. The average Bonchev–Trinajstić information content (AvgIpc) is 3.09. The molecule has 4 atom stereocenters. The van der Waals surface area contributed by atoms with E-state index < -0.39 is 0 Å². The second-order valence-corrected chi connectivity index (χ2v) is 5.93. The van der Waals surface area contributed by atoms with Crippen molar-refractivity contribution in [2.45, 2.75) is 13.0 Å². The van der Waals surface area contributed by atoms with Crippen LogP contribution in [0.5, 0.6) is 5.75 Å². The van der Waals surface area contributed by atoms with E-state index in [1.165, 1.54) is 4.90 Å². The Bertz CT molecular complexity index is 606. The number of aromatic hydroxyl groups is 1. The number of amides is 2. The Hall–Kier alpha value is -2.10. The molecule has 0 spiro atoms. The number of carbonyl (C=O) groups excluding carboxylic acids is 2. The predicted octanol–water partition coefficient (Wildman–Crippen LogP) is 1.70. The molecule has 4 rings (SSSR count). The van der Waals surface area contributed by atoms with E-state index in [9.17, 15) is 14.7 Å². The molecule has 4 unspecified atom stereocenters. The molecule has 1 heterocycles. The molecule has 1 saturated carbocycles. The summed E-state index contributed by atoms with van der Waals surface area (Å²) in [5.74, 6) is 0.278. The van der Waals surface area contributed by atoms with Crippen LogP contribution in [0.3, 0.4) is 0 Å². The van der Waals surface area contributed by atoms with Crippen molar-refractivity contribution in [3.63, 3.8) is 0 Å². The molecule has 4 heteroatoms. The van der Waals surface area contributed by atoms with Gasteiger partial charge in [0.2, 0.25) is 11.8 Å². The van der Waals surface area contributed by atoms with Gasteiger partial charge in [-0.1, -0.05) is 24.3 Å². The highest BCUT2D eigenvalue weighted by Crippen LogP contribution is 2.52. The third-order valence-electron chi connectivity index (χ3n) is 4.81. The van der Waals surface area contributed by atoms with E-state index >= 15 is 0 Å². The zero-order valence-electron chi connectivity index (χ0n) is 10.9. The second kappa shape index (κ2) is 3.95. The fraction of sp³-hybridized carbons (Fsp3) is 0.375. The first kappa shape index (κ1) is 11.7. The van der Waals surface area contributed by atoms with Gasteiger partial charge in [0.15, 0.2) is 0 Å². The monoisotopic (exact) mass is 269 g/mol. The summed E-state index contributed by atoms with van der Waals surface area (Å²) in [5.41, 5.74) is 0.784. The molecule has 20 heavy (non-hydrogen) atoms. The quantitative estimate of drug-likeness (QED) is 0.656. The maximum absolute atomic E-state index is 12.5. The number of benzene rings is 1. The number of likely N-dealkylation sites (tertiary alicyclic amines) is 1. The van der Waals surface area contributed by atoms with Crippen molar-refractivity contribution in [3.05, 3.63) is 42.0 Å².